The van der Waals surface area contributed by atoms with E-state index in [1.165, 1.54) is 11.1 Å². The van der Waals surface area contributed by atoms with Crippen molar-refractivity contribution in [1.29, 1.82) is 0 Å². The third kappa shape index (κ3) is 2.20. The Labute approximate surface area is 102 Å². The van der Waals surface area contributed by atoms with E-state index in [9.17, 15) is 4.79 Å². The van der Waals surface area contributed by atoms with Crippen LogP contribution in [-0.4, -0.2) is 26.0 Å². The Bertz CT molecular complexity index is 393. The van der Waals surface area contributed by atoms with Crippen LogP contribution in [0.25, 0.3) is 0 Å². The van der Waals surface area contributed by atoms with Gasteiger partial charge in [-0.05, 0) is 31.5 Å². The molecule has 16 heavy (non-hydrogen) atoms. The summed E-state index contributed by atoms with van der Waals surface area (Å²) in [5, 5.41) is 2.90. The molecule has 1 aliphatic heterocycles. The van der Waals surface area contributed by atoms with E-state index in [0.717, 1.165) is 18.7 Å². The van der Waals surface area contributed by atoms with Crippen molar-refractivity contribution in [2.75, 3.05) is 25.0 Å². The molecule has 0 saturated carbocycles. The number of likely N-dealkylation sites (N-methyl/N-ethyl adjacent to an activating group) is 1. The summed E-state index contributed by atoms with van der Waals surface area (Å²) < 4.78 is 0. The quantitative estimate of drug-likeness (QED) is 0.850. The van der Waals surface area contributed by atoms with E-state index in [4.69, 9.17) is 0 Å². The van der Waals surface area contributed by atoms with Crippen LogP contribution in [0, 0.1) is 6.92 Å². The first-order valence-electron chi connectivity index (χ1n) is 5.27. The second-order valence-corrected chi connectivity index (χ2v) is 3.91. The molecular formula is C12H17ClN2O. The maximum Gasteiger partial charge on any atom is 0.240 e. The van der Waals surface area contributed by atoms with Crippen molar-refractivity contribution in [3.8, 4) is 0 Å². The zero-order valence-electron chi connectivity index (χ0n) is 9.62. The fraction of sp³-hybridized carbons (Fsp3) is 0.417. The third-order valence-corrected chi connectivity index (χ3v) is 2.83. The molecule has 1 amide bonds. The van der Waals surface area contributed by atoms with Crippen LogP contribution in [0.3, 0.4) is 0 Å². The Balaban J connectivity index is 0.00000128. The summed E-state index contributed by atoms with van der Waals surface area (Å²) in [5.41, 5.74) is 3.60. The zero-order valence-corrected chi connectivity index (χ0v) is 10.4. The van der Waals surface area contributed by atoms with Gasteiger partial charge in [0.25, 0.3) is 0 Å². The average molecular weight is 241 g/mol. The Morgan fingerprint density at radius 1 is 1.50 bits per heavy atom. The molecule has 0 aliphatic carbocycles. The molecule has 1 aliphatic rings. The van der Waals surface area contributed by atoms with E-state index < -0.39 is 0 Å². The van der Waals surface area contributed by atoms with E-state index >= 15 is 0 Å². The lowest BCUT2D eigenvalue weighted by Gasteiger charge is -2.18. The van der Waals surface area contributed by atoms with Gasteiger partial charge >= 0.3 is 0 Å². The molecule has 3 nitrogen and oxygen atoms in total. The molecule has 1 aromatic carbocycles. The van der Waals surface area contributed by atoms with E-state index in [0.29, 0.717) is 6.54 Å². The van der Waals surface area contributed by atoms with Crippen LogP contribution in [0.15, 0.2) is 18.2 Å². The SMILES string of the molecule is CNCC(=O)N1CCc2cccc(C)c21.Cl. The molecule has 88 valence electrons. The van der Waals surface area contributed by atoms with Gasteiger partial charge in [0.15, 0.2) is 0 Å². The number of nitrogens with zero attached hydrogens (tertiary/aromatic N) is 1. The van der Waals surface area contributed by atoms with Crippen LogP contribution in [-0.2, 0) is 11.2 Å². The highest BCUT2D eigenvalue weighted by molar-refractivity contribution is 5.97. The van der Waals surface area contributed by atoms with Crippen molar-refractivity contribution in [2.24, 2.45) is 0 Å². The molecule has 2 rings (SSSR count). The Kier molecular flexibility index (Phi) is 4.33. The van der Waals surface area contributed by atoms with Crippen molar-refractivity contribution in [3.63, 3.8) is 0 Å². The summed E-state index contributed by atoms with van der Waals surface area (Å²) in [6.45, 7) is 3.29. The number of carbonyl (C=O) groups is 1. The van der Waals surface area contributed by atoms with E-state index in [1.807, 2.05) is 4.90 Å². The minimum atomic E-state index is 0. The maximum absolute atomic E-state index is 11.8. The molecule has 0 spiro atoms. The maximum atomic E-state index is 11.8. The van der Waals surface area contributed by atoms with Gasteiger partial charge in [0, 0.05) is 12.2 Å². The standard InChI is InChI=1S/C12H16N2O.ClH/c1-9-4-3-5-10-6-7-14(12(9)10)11(15)8-13-2;/h3-5,13H,6-8H2,1-2H3;1H. The van der Waals surface area contributed by atoms with Crippen LogP contribution in [0.1, 0.15) is 11.1 Å². The highest BCUT2D eigenvalue weighted by atomic mass is 35.5. The molecule has 0 aromatic heterocycles. The lowest BCUT2D eigenvalue weighted by atomic mass is 10.1. The van der Waals surface area contributed by atoms with Crippen LogP contribution in [0.2, 0.25) is 0 Å². The highest BCUT2D eigenvalue weighted by Gasteiger charge is 2.24. The lowest BCUT2D eigenvalue weighted by molar-refractivity contribution is -0.117. The molecule has 0 bridgehead atoms. The molecule has 4 heteroatoms. The van der Waals surface area contributed by atoms with Crippen molar-refractivity contribution < 1.29 is 4.79 Å². The lowest BCUT2D eigenvalue weighted by Crippen LogP contribution is -2.36. The van der Waals surface area contributed by atoms with Crippen LogP contribution in [0.4, 0.5) is 5.69 Å². The first-order chi connectivity index (χ1) is 7.24. The smallest absolute Gasteiger partial charge is 0.240 e. The topological polar surface area (TPSA) is 32.3 Å². The van der Waals surface area contributed by atoms with Gasteiger partial charge in [-0.1, -0.05) is 18.2 Å². The van der Waals surface area contributed by atoms with Crippen molar-refractivity contribution in [3.05, 3.63) is 29.3 Å². The molecule has 0 saturated heterocycles. The minimum absolute atomic E-state index is 0. The number of para-hydroxylation sites is 1. The van der Waals surface area contributed by atoms with E-state index in [1.54, 1.807) is 7.05 Å². The Morgan fingerprint density at radius 3 is 2.94 bits per heavy atom. The van der Waals surface area contributed by atoms with Gasteiger partial charge in [-0.2, -0.15) is 0 Å². The van der Waals surface area contributed by atoms with Gasteiger partial charge in [0.2, 0.25) is 5.91 Å². The van der Waals surface area contributed by atoms with Crippen molar-refractivity contribution in [2.45, 2.75) is 13.3 Å². The second-order valence-electron chi connectivity index (χ2n) is 3.91. The largest absolute Gasteiger partial charge is 0.311 e. The number of anilines is 1. The summed E-state index contributed by atoms with van der Waals surface area (Å²) in [6.07, 6.45) is 0.979. The Hall–Kier alpha value is -1.06. The summed E-state index contributed by atoms with van der Waals surface area (Å²) in [5.74, 6) is 0.158. The predicted octanol–water partition coefficient (Wildman–Crippen LogP) is 1.53. The van der Waals surface area contributed by atoms with Gasteiger partial charge in [-0.3, -0.25) is 4.79 Å². The number of aryl methyl sites for hydroxylation is 1. The number of fused-ring (bicyclic) bond motifs is 1. The first-order valence-corrected chi connectivity index (χ1v) is 5.27. The summed E-state index contributed by atoms with van der Waals surface area (Å²) in [7, 11) is 1.80. The van der Waals surface area contributed by atoms with Gasteiger partial charge in [-0.25, -0.2) is 0 Å². The molecular weight excluding hydrogens is 224 g/mol. The number of rotatable bonds is 2. The summed E-state index contributed by atoms with van der Waals surface area (Å²) in [6, 6.07) is 6.22. The molecule has 1 N–H and O–H groups in total. The van der Waals surface area contributed by atoms with Gasteiger partial charge in [-0.15, -0.1) is 12.4 Å². The summed E-state index contributed by atoms with van der Waals surface area (Å²) >= 11 is 0. The van der Waals surface area contributed by atoms with Crippen LogP contribution in [0.5, 0.6) is 0 Å². The molecule has 1 heterocycles. The van der Waals surface area contributed by atoms with E-state index in [-0.39, 0.29) is 18.3 Å². The minimum Gasteiger partial charge on any atom is -0.311 e. The second kappa shape index (κ2) is 5.32. The fourth-order valence-corrected chi connectivity index (χ4v) is 2.15. The predicted molar refractivity (Wildman–Crippen MR) is 68.4 cm³/mol. The number of halogens is 1. The average Bonchev–Trinajstić information content (AvgIpc) is 2.63. The van der Waals surface area contributed by atoms with Gasteiger partial charge in [0.1, 0.15) is 0 Å². The Morgan fingerprint density at radius 2 is 2.25 bits per heavy atom. The van der Waals surface area contributed by atoms with Gasteiger partial charge < -0.3 is 10.2 Å². The zero-order chi connectivity index (χ0) is 10.8. The molecule has 0 radical (unpaired) electrons. The van der Waals surface area contributed by atoms with Gasteiger partial charge in [0.05, 0.1) is 6.54 Å². The van der Waals surface area contributed by atoms with Crippen LogP contribution >= 0.6 is 12.4 Å². The first kappa shape index (κ1) is 13.0. The number of amides is 1. The number of carbonyl (C=O) groups excluding carboxylic acids is 1. The number of hydrogen-bond acceptors (Lipinski definition) is 2. The van der Waals surface area contributed by atoms with Crippen LogP contribution < -0.4 is 10.2 Å². The number of benzene rings is 1. The number of nitrogens with one attached hydrogen (secondary N) is 1. The number of hydrogen-bond donors (Lipinski definition) is 1. The molecule has 0 atom stereocenters. The molecule has 0 unspecified atom stereocenters. The normalized spacial score (nSPS) is 13.2. The monoisotopic (exact) mass is 240 g/mol. The molecule has 1 aromatic rings. The fourth-order valence-electron chi connectivity index (χ4n) is 2.15. The third-order valence-electron chi connectivity index (χ3n) is 2.83. The van der Waals surface area contributed by atoms with E-state index in [2.05, 4.69) is 30.4 Å². The summed E-state index contributed by atoms with van der Waals surface area (Å²) in [4.78, 5) is 13.7. The van der Waals surface area contributed by atoms with Crippen molar-refractivity contribution >= 4 is 24.0 Å². The highest BCUT2D eigenvalue weighted by Crippen LogP contribution is 2.31. The molecule has 0 fully saturated rings. The van der Waals surface area contributed by atoms with Crippen molar-refractivity contribution in [1.82, 2.24) is 5.32 Å².